The molecular formula is C22H23N3O2. The molecule has 5 nitrogen and oxygen atoms in total. The number of amides is 1. The Labute approximate surface area is 158 Å². The van der Waals surface area contributed by atoms with Crippen LogP contribution in [-0.2, 0) is 17.8 Å². The summed E-state index contributed by atoms with van der Waals surface area (Å²) in [6, 6.07) is 18.5. The molecule has 3 aromatic rings. The van der Waals surface area contributed by atoms with Crippen molar-refractivity contribution in [3.8, 4) is 22.4 Å². The van der Waals surface area contributed by atoms with Crippen molar-refractivity contribution in [3.63, 3.8) is 0 Å². The minimum atomic E-state index is -0.883. The Balaban J connectivity index is 1.62. The van der Waals surface area contributed by atoms with Gasteiger partial charge in [-0.15, -0.1) is 0 Å². The molecule has 0 spiro atoms. The molecule has 1 aliphatic rings. The van der Waals surface area contributed by atoms with E-state index in [9.17, 15) is 4.79 Å². The molecule has 5 heteroatoms. The van der Waals surface area contributed by atoms with Crippen molar-refractivity contribution >= 4 is 5.91 Å². The first-order valence-electron chi connectivity index (χ1n) is 9.15. The Kier molecular flexibility index (Phi) is 4.32. The molecule has 0 atom stereocenters. The lowest BCUT2D eigenvalue weighted by Gasteiger charge is -2.31. The van der Waals surface area contributed by atoms with Gasteiger partial charge >= 0.3 is 0 Å². The van der Waals surface area contributed by atoms with Crippen LogP contribution in [0.2, 0.25) is 0 Å². The second-order valence-electron chi connectivity index (χ2n) is 7.57. The fourth-order valence-corrected chi connectivity index (χ4v) is 3.47. The van der Waals surface area contributed by atoms with E-state index in [2.05, 4.69) is 29.4 Å². The fourth-order valence-electron chi connectivity index (χ4n) is 3.47. The zero-order chi connectivity index (χ0) is 19.0. The second kappa shape index (κ2) is 6.67. The summed E-state index contributed by atoms with van der Waals surface area (Å²) in [7, 11) is 0. The van der Waals surface area contributed by atoms with Crippen LogP contribution in [0.25, 0.3) is 22.4 Å². The summed E-state index contributed by atoms with van der Waals surface area (Å²) in [5, 5.41) is 4.28. The molecule has 1 amide bonds. The van der Waals surface area contributed by atoms with Gasteiger partial charge in [-0.05, 0) is 25.0 Å². The van der Waals surface area contributed by atoms with Crippen LogP contribution < -0.4 is 5.73 Å². The van der Waals surface area contributed by atoms with Crippen molar-refractivity contribution < 1.29 is 9.32 Å². The fraction of sp³-hybridized carbons (Fsp3) is 0.273. The average molecular weight is 361 g/mol. The van der Waals surface area contributed by atoms with Crippen molar-refractivity contribution in [1.82, 2.24) is 10.1 Å². The van der Waals surface area contributed by atoms with Gasteiger partial charge in [0.1, 0.15) is 11.5 Å². The molecular weight excluding hydrogens is 338 g/mol. The number of hydrogen-bond acceptors (Lipinski definition) is 4. The smallest absolute Gasteiger partial charge is 0.242 e. The monoisotopic (exact) mass is 361 g/mol. The van der Waals surface area contributed by atoms with Gasteiger partial charge in [0.25, 0.3) is 0 Å². The molecule has 27 heavy (non-hydrogen) atoms. The van der Waals surface area contributed by atoms with Gasteiger partial charge in [-0.2, -0.15) is 0 Å². The molecule has 0 saturated heterocycles. The van der Waals surface area contributed by atoms with Crippen LogP contribution >= 0.6 is 0 Å². The molecule has 4 rings (SSSR count). The average Bonchev–Trinajstić information content (AvgIpc) is 3.10. The Bertz CT molecular complexity index is 953. The van der Waals surface area contributed by atoms with E-state index in [-0.39, 0.29) is 5.91 Å². The Morgan fingerprint density at radius 1 is 1.04 bits per heavy atom. The van der Waals surface area contributed by atoms with Crippen molar-refractivity contribution in [2.24, 2.45) is 5.73 Å². The van der Waals surface area contributed by atoms with Gasteiger partial charge in [0, 0.05) is 24.1 Å². The maximum atomic E-state index is 12.6. The molecule has 0 aliphatic carbocycles. The van der Waals surface area contributed by atoms with Crippen LogP contribution in [0.3, 0.4) is 0 Å². The SMILES string of the molecule is CC(C)(N)C(=O)N1CCc2onc(-c3ccc(-c4ccccc4)cc3)c2C1. The lowest BCUT2D eigenvalue weighted by molar-refractivity contribution is -0.136. The molecule has 0 saturated carbocycles. The van der Waals surface area contributed by atoms with E-state index in [1.54, 1.807) is 18.7 Å². The Morgan fingerprint density at radius 2 is 1.67 bits per heavy atom. The summed E-state index contributed by atoms with van der Waals surface area (Å²) in [5.74, 6) is 0.802. The number of rotatable bonds is 3. The van der Waals surface area contributed by atoms with E-state index in [1.807, 2.05) is 30.3 Å². The predicted octanol–water partition coefficient (Wildman–Crippen LogP) is 3.63. The summed E-state index contributed by atoms with van der Waals surface area (Å²) in [6.45, 7) is 4.56. The van der Waals surface area contributed by atoms with Crippen LogP contribution in [0.15, 0.2) is 59.1 Å². The summed E-state index contributed by atoms with van der Waals surface area (Å²) in [5.41, 5.74) is 10.2. The van der Waals surface area contributed by atoms with Gasteiger partial charge in [-0.25, -0.2) is 0 Å². The number of fused-ring (bicyclic) bond motifs is 1. The molecule has 0 radical (unpaired) electrons. The molecule has 2 heterocycles. The van der Waals surface area contributed by atoms with Crippen LogP contribution in [0.4, 0.5) is 0 Å². The van der Waals surface area contributed by atoms with Crippen molar-refractivity contribution in [1.29, 1.82) is 0 Å². The van der Waals surface area contributed by atoms with E-state index in [0.29, 0.717) is 19.5 Å². The molecule has 2 aromatic carbocycles. The Hall–Kier alpha value is -2.92. The van der Waals surface area contributed by atoms with Crippen LogP contribution in [0.5, 0.6) is 0 Å². The molecule has 2 N–H and O–H groups in total. The van der Waals surface area contributed by atoms with Gasteiger partial charge in [0.05, 0.1) is 12.1 Å². The maximum Gasteiger partial charge on any atom is 0.242 e. The minimum absolute atomic E-state index is 0.0558. The van der Waals surface area contributed by atoms with Gasteiger partial charge < -0.3 is 15.2 Å². The highest BCUT2D eigenvalue weighted by molar-refractivity contribution is 5.85. The lowest BCUT2D eigenvalue weighted by Crippen LogP contribution is -2.52. The highest BCUT2D eigenvalue weighted by Crippen LogP contribution is 2.32. The summed E-state index contributed by atoms with van der Waals surface area (Å²) in [4.78, 5) is 14.3. The number of carbonyl (C=O) groups excluding carboxylic acids is 1. The summed E-state index contributed by atoms with van der Waals surface area (Å²) in [6.07, 6.45) is 0.659. The minimum Gasteiger partial charge on any atom is -0.360 e. The quantitative estimate of drug-likeness (QED) is 0.773. The lowest BCUT2D eigenvalue weighted by atomic mass is 9.97. The molecule has 1 aliphatic heterocycles. The van der Waals surface area contributed by atoms with Crippen LogP contribution in [-0.4, -0.2) is 28.0 Å². The number of nitrogens with zero attached hydrogens (tertiary/aromatic N) is 2. The normalized spacial score (nSPS) is 14.1. The van der Waals surface area contributed by atoms with E-state index in [4.69, 9.17) is 10.3 Å². The zero-order valence-corrected chi connectivity index (χ0v) is 15.6. The largest absolute Gasteiger partial charge is 0.360 e. The highest BCUT2D eigenvalue weighted by atomic mass is 16.5. The molecule has 0 fully saturated rings. The van der Waals surface area contributed by atoms with Crippen LogP contribution in [0.1, 0.15) is 25.2 Å². The first kappa shape index (κ1) is 17.5. The van der Waals surface area contributed by atoms with Gasteiger partial charge in [0.2, 0.25) is 5.91 Å². The van der Waals surface area contributed by atoms with Gasteiger partial charge in [-0.3, -0.25) is 4.79 Å². The summed E-state index contributed by atoms with van der Waals surface area (Å²) < 4.78 is 5.55. The highest BCUT2D eigenvalue weighted by Gasteiger charge is 2.33. The van der Waals surface area contributed by atoms with Gasteiger partial charge in [-0.1, -0.05) is 59.8 Å². The van der Waals surface area contributed by atoms with Gasteiger partial charge in [0.15, 0.2) is 0 Å². The number of carbonyl (C=O) groups is 1. The number of aromatic nitrogens is 1. The number of nitrogens with two attached hydrogens (primary N) is 1. The maximum absolute atomic E-state index is 12.6. The standard InChI is InChI=1S/C22H23N3O2/c1-22(2,23)21(26)25-13-12-19-18(14-25)20(24-27-19)17-10-8-16(9-11-17)15-6-4-3-5-7-15/h3-11H,12-14,23H2,1-2H3. The molecule has 0 bridgehead atoms. The summed E-state index contributed by atoms with van der Waals surface area (Å²) >= 11 is 0. The predicted molar refractivity (Wildman–Crippen MR) is 105 cm³/mol. The second-order valence-corrected chi connectivity index (χ2v) is 7.57. The van der Waals surface area contributed by atoms with E-state index < -0.39 is 5.54 Å². The van der Waals surface area contributed by atoms with Crippen molar-refractivity contribution in [2.75, 3.05) is 6.54 Å². The third-order valence-electron chi connectivity index (χ3n) is 4.93. The number of hydrogen-bond donors (Lipinski definition) is 1. The molecule has 138 valence electrons. The van der Waals surface area contributed by atoms with E-state index in [0.717, 1.165) is 28.1 Å². The van der Waals surface area contributed by atoms with Crippen LogP contribution in [0, 0.1) is 0 Å². The molecule has 1 aromatic heterocycles. The number of benzene rings is 2. The first-order valence-corrected chi connectivity index (χ1v) is 9.15. The molecule has 0 unspecified atom stereocenters. The first-order chi connectivity index (χ1) is 12.9. The third kappa shape index (κ3) is 3.38. The van der Waals surface area contributed by atoms with E-state index in [1.165, 1.54) is 5.56 Å². The third-order valence-corrected chi connectivity index (χ3v) is 4.93. The van der Waals surface area contributed by atoms with E-state index >= 15 is 0 Å². The Morgan fingerprint density at radius 3 is 2.33 bits per heavy atom. The zero-order valence-electron chi connectivity index (χ0n) is 15.6. The van der Waals surface area contributed by atoms with Crippen molar-refractivity contribution in [2.45, 2.75) is 32.4 Å². The topological polar surface area (TPSA) is 72.4 Å². The van der Waals surface area contributed by atoms with Crippen molar-refractivity contribution in [3.05, 3.63) is 65.9 Å².